The molecule has 29 heavy (non-hydrogen) atoms. The van der Waals surface area contributed by atoms with E-state index in [1.807, 2.05) is 91.0 Å². The van der Waals surface area contributed by atoms with Crippen LogP contribution in [0.3, 0.4) is 0 Å². The average Bonchev–Trinajstić information content (AvgIpc) is 3.20. The van der Waals surface area contributed by atoms with E-state index in [1.54, 1.807) is 6.92 Å². The molecule has 4 aromatic rings. The Balaban J connectivity index is 1.56. The Hall–Kier alpha value is -3.37. The minimum atomic E-state index is -1.33. The fraction of sp³-hybridized carbons (Fsp3) is 0.160. The Morgan fingerprint density at radius 1 is 0.931 bits per heavy atom. The molecule has 0 saturated heterocycles. The van der Waals surface area contributed by atoms with Crippen molar-refractivity contribution in [2.24, 2.45) is 0 Å². The van der Waals surface area contributed by atoms with Gasteiger partial charge in [0.2, 0.25) is 5.91 Å². The Morgan fingerprint density at radius 2 is 1.48 bits per heavy atom. The summed E-state index contributed by atoms with van der Waals surface area (Å²) < 4.78 is 5.79. The van der Waals surface area contributed by atoms with E-state index in [0.717, 1.165) is 16.5 Å². The summed E-state index contributed by atoms with van der Waals surface area (Å²) in [6.07, 6.45) is 0. The van der Waals surface area contributed by atoms with Crippen LogP contribution in [0.1, 0.15) is 29.7 Å². The van der Waals surface area contributed by atoms with Gasteiger partial charge < -0.3 is 14.8 Å². The number of carbonyl (C=O) groups excluding carboxylic acids is 1. The summed E-state index contributed by atoms with van der Waals surface area (Å²) >= 11 is 0. The largest absolute Gasteiger partial charge is 0.458 e. The van der Waals surface area contributed by atoms with Crippen LogP contribution in [-0.2, 0) is 10.4 Å². The second-order valence-corrected chi connectivity index (χ2v) is 7.39. The summed E-state index contributed by atoms with van der Waals surface area (Å²) in [4.78, 5) is 13.1. The summed E-state index contributed by atoms with van der Waals surface area (Å²) in [6.45, 7) is 1.69. The van der Waals surface area contributed by atoms with Gasteiger partial charge in [0, 0.05) is 5.39 Å². The number of furan rings is 1. The van der Waals surface area contributed by atoms with Gasteiger partial charge in [0.05, 0.1) is 12.5 Å². The van der Waals surface area contributed by atoms with E-state index < -0.39 is 11.5 Å². The number of hydrogen-bond acceptors (Lipinski definition) is 3. The van der Waals surface area contributed by atoms with Crippen LogP contribution in [0.15, 0.2) is 95.4 Å². The molecule has 1 amide bonds. The third-order valence-electron chi connectivity index (χ3n) is 5.09. The molecular formula is C25H23NO3. The van der Waals surface area contributed by atoms with Gasteiger partial charge in [0.25, 0.3) is 0 Å². The molecule has 1 atom stereocenters. The summed E-state index contributed by atoms with van der Waals surface area (Å²) in [6, 6.07) is 28.7. The first kappa shape index (κ1) is 19.0. The first-order valence-corrected chi connectivity index (χ1v) is 9.64. The van der Waals surface area contributed by atoms with Crippen LogP contribution in [-0.4, -0.2) is 17.6 Å². The van der Waals surface area contributed by atoms with Gasteiger partial charge in [0.1, 0.15) is 16.9 Å². The molecule has 146 valence electrons. The first-order valence-electron chi connectivity index (χ1n) is 9.64. The van der Waals surface area contributed by atoms with E-state index in [1.165, 1.54) is 0 Å². The van der Waals surface area contributed by atoms with Crippen molar-refractivity contribution >= 4 is 16.9 Å². The zero-order chi connectivity index (χ0) is 20.3. The second-order valence-electron chi connectivity index (χ2n) is 7.39. The maximum atomic E-state index is 13.1. The lowest BCUT2D eigenvalue weighted by atomic mass is 9.90. The molecule has 0 fully saturated rings. The molecule has 0 aliphatic heterocycles. The van der Waals surface area contributed by atoms with E-state index in [4.69, 9.17) is 4.42 Å². The van der Waals surface area contributed by atoms with Crippen molar-refractivity contribution in [3.8, 4) is 0 Å². The van der Waals surface area contributed by atoms with Crippen molar-refractivity contribution < 1.29 is 14.3 Å². The number of hydrogen-bond donors (Lipinski definition) is 2. The molecular weight excluding hydrogens is 362 g/mol. The van der Waals surface area contributed by atoms with Gasteiger partial charge in [0.15, 0.2) is 0 Å². The van der Waals surface area contributed by atoms with Crippen LogP contribution in [0.25, 0.3) is 11.0 Å². The molecule has 4 rings (SSSR count). The van der Waals surface area contributed by atoms with Gasteiger partial charge in [-0.15, -0.1) is 0 Å². The number of amides is 1. The van der Waals surface area contributed by atoms with Gasteiger partial charge in [-0.25, -0.2) is 0 Å². The predicted octanol–water partition coefficient (Wildman–Crippen LogP) is 4.59. The van der Waals surface area contributed by atoms with Crippen molar-refractivity contribution in [1.82, 2.24) is 5.32 Å². The minimum absolute atomic E-state index is 0.0435. The van der Waals surface area contributed by atoms with Crippen molar-refractivity contribution in [1.29, 1.82) is 0 Å². The Morgan fingerprint density at radius 3 is 2.07 bits per heavy atom. The molecule has 4 heteroatoms. The molecule has 0 bridgehead atoms. The molecule has 4 nitrogen and oxygen atoms in total. The number of benzene rings is 3. The maximum Gasteiger partial charge on any atom is 0.232 e. The van der Waals surface area contributed by atoms with Gasteiger partial charge in [-0.2, -0.15) is 0 Å². The van der Waals surface area contributed by atoms with E-state index in [2.05, 4.69) is 5.32 Å². The average molecular weight is 385 g/mol. The fourth-order valence-corrected chi connectivity index (χ4v) is 3.48. The van der Waals surface area contributed by atoms with Crippen LogP contribution < -0.4 is 5.32 Å². The highest BCUT2D eigenvalue weighted by Gasteiger charge is 2.30. The van der Waals surface area contributed by atoms with Crippen molar-refractivity contribution in [2.45, 2.75) is 18.4 Å². The SMILES string of the molecule is CC(O)(CNC(=O)C(c1ccccc1)c1ccccc1)c1cc2ccccc2o1. The minimum Gasteiger partial charge on any atom is -0.458 e. The third-order valence-corrected chi connectivity index (χ3v) is 5.09. The third kappa shape index (κ3) is 4.08. The van der Waals surface area contributed by atoms with E-state index >= 15 is 0 Å². The van der Waals surface area contributed by atoms with Crippen LogP contribution in [0.4, 0.5) is 0 Å². The molecule has 0 saturated carbocycles. The summed E-state index contributed by atoms with van der Waals surface area (Å²) in [7, 11) is 0. The predicted molar refractivity (Wildman–Crippen MR) is 114 cm³/mol. The normalized spacial score (nSPS) is 13.3. The summed E-state index contributed by atoms with van der Waals surface area (Å²) in [5.41, 5.74) is 1.19. The molecule has 1 heterocycles. The van der Waals surface area contributed by atoms with E-state index in [0.29, 0.717) is 11.3 Å². The lowest BCUT2D eigenvalue weighted by Crippen LogP contribution is -2.40. The topological polar surface area (TPSA) is 62.5 Å². The van der Waals surface area contributed by atoms with E-state index in [9.17, 15) is 9.90 Å². The quantitative estimate of drug-likeness (QED) is 0.510. The highest BCUT2D eigenvalue weighted by Crippen LogP contribution is 2.29. The molecule has 3 aromatic carbocycles. The van der Waals surface area contributed by atoms with Crippen LogP contribution in [0, 0.1) is 0 Å². The van der Waals surface area contributed by atoms with Gasteiger partial charge in [-0.1, -0.05) is 78.9 Å². The smallest absolute Gasteiger partial charge is 0.232 e. The number of carbonyl (C=O) groups is 1. The zero-order valence-electron chi connectivity index (χ0n) is 16.2. The first-order chi connectivity index (χ1) is 14.0. The van der Waals surface area contributed by atoms with Gasteiger partial charge in [-0.05, 0) is 30.2 Å². The number of nitrogens with one attached hydrogen (secondary N) is 1. The van der Waals surface area contributed by atoms with Crippen LogP contribution >= 0.6 is 0 Å². The number of aliphatic hydroxyl groups is 1. The van der Waals surface area contributed by atoms with Gasteiger partial charge >= 0.3 is 0 Å². The Labute approximate surface area is 169 Å². The lowest BCUT2D eigenvalue weighted by Gasteiger charge is -2.24. The maximum absolute atomic E-state index is 13.1. The number of rotatable bonds is 6. The standard InChI is InChI=1S/C25H23NO3/c1-25(28,22-16-20-14-8-9-15-21(20)29-22)17-26-24(27)23(18-10-4-2-5-11-18)19-12-6-3-7-13-19/h2-16,23,28H,17H2,1H3,(H,26,27). The molecule has 0 spiro atoms. The van der Waals surface area contributed by atoms with Gasteiger partial charge in [-0.3, -0.25) is 4.79 Å². The molecule has 0 aliphatic carbocycles. The van der Waals surface area contributed by atoms with E-state index in [-0.39, 0.29) is 12.5 Å². The zero-order valence-corrected chi connectivity index (χ0v) is 16.2. The molecule has 1 aromatic heterocycles. The Bertz CT molecular complexity index is 1030. The highest BCUT2D eigenvalue weighted by molar-refractivity contribution is 5.87. The molecule has 2 N–H and O–H groups in total. The lowest BCUT2D eigenvalue weighted by molar-refractivity contribution is -0.123. The molecule has 0 aliphatic rings. The van der Waals surface area contributed by atoms with Crippen molar-refractivity contribution in [2.75, 3.05) is 6.54 Å². The summed E-state index contributed by atoms with van der Waals surface area (Å²) in [5, 5.41) is 14.8. The number of para-hydroxylation sites is 1. The van der Waals surface area contributed by atoms with Crippen molar-refractivity contribution in [3.63, 3.8) is 0 Å². The highest BCUT2D eigenvalue weighted by atomic mass is 16.4. The Kier molecular flexibility index (Phi) is 5.19. The molecule has 0 radical (unpaired) electrons. The number of fused-ring (bicyclic) bond motifs is 1. The fourth-order valence-electron chi connectivity index (χ4n) is 3.48. The monoisotopic (exact) mass is 385 g/mol. The summed E-state index contributed by atoms with van der Waals surface area (Å²) in [5.74, 6) is -0.197. The molecule has 1 unspecified atom stereocenters. The van der Waals surface area contributed by atoms with Crippen molar-refractivity contribution in [3.05, 3.63) is 108 Å². The second kappa shape index (κ2) is 7.94. The van der Waals surface area contributed by atoms with Crippen LogP contribution in [0.2, 0.25) is 0 Å². The van der Waals surface area contributed by atoms with Crippen LogP contribution in [0.5, 0.6) is 0 Å².